The van der Waals surface area contributed by atoms with E-state index in [1.807, 2.05) is 12.1 Å². The molecule has 1 heterocycles. The summed E-state index contributed by atoms with van der Waals surface area (Å²) in [5, 5.41) is 7.12. The molecular formula is C14H18FIN2. The Balaban J connectivity index is 1.58. The van der Waals surface area contributed by atoms with Crippen molar-refractivity contribution in [3.8, 4) is 0 Å². The molecule has 1 saturated heterocycles. The molecule has 1 aliphatic carbocycles. The van der Waals surface area contributed by atoms with Gasteiger partial charge in [-0.25, -0.2) is 4.39 Å². The van der Waals surface area contributed by atoms with Crippen LogP contribution in [-0.4, -0.2) is 25.2 Å². The lowest BCUT2D eigenvalue weighted by Gasteiger charge is -2.24. The Morgan fingerprint density at radius 2 is 2.06 bits per heavy atom. The summed E-state index contributed by atoms with van der Waals surface area (Å²) < 4.78 is 14.0. The molecule has 0 unspecified atom stereocenters. The first-order chi connectivity index (χ1) is 8.74. The summed E-state index contributed by atoms with van der Waals surface area (Å²) in [5.41, 5.74) is 1.28. The van der Waals surface area contributed by atoms with Gasteiger partial charge in [0, 0.05) is 21.6 Å². The van der Waals surface area contributed by atoms with Crippen LogP contribution in [0.3, 0.4) is 0 Å². The molecule has 0 aromatic heterocycles. The minimum Gasteiger partial charge on any atom is -0.317 e. The maximum Gasteiger partial charge on any atom is 0.136 e. The van der Waals surface area contributed by atoms with Gasteiger partial charge in [0.2, 0.25) is 0 Å². The third-order valence-corrected chi connectivity index (χ3v) is 4.78. The topological polar surface area (TPSA) is 24.1 Å². The van der Waals surface area contributed by atoms with Crippen molar-refractivity contribution in [2.45, 2.75) is 37.3 Å². The van der Waals surface area contributed by atoms with Crippen LogP contribution in [0.4, 0.5) is 4.39 Å². The number of halogens is 2. The van der Waals surface area contributed by atoms with E-state index in [0.717, 1.165) is 16.7 Å². The van der Waals surface area contributed by atoms with Crippen LogP contribution in [0, 0.1) is 9.39 Å². The summed E-state index contributed by atoms with van der Waals surface area (Å²) in [5.74, 6) is 0.483. The van der Waals surface area contributed by atoms with Crippen LogP contribution in [0.15, 0.2) is 18.2 Å². The monoisotopic (exact) mass is 360 g/mol. The van der Waals surface area contributed by atoms with Crippen molar-refractivity contribution in [3.05, 3.63) is 33.1 Å². The van der Waals surface area contributed by atoms with Gasteiger partial charge < -0.3 is 10.6 Å². The zero-order chi connectivity index (χ0) is 12.5. The molecule has 0 radical (unpaired) electrons. The van der Waals surface area contributed by atoms with E-state index in [-0.39, 0.29) is 5.82 Å². The summed E-state index contributed by atoms with van der Waals surface area (Å²) in [7, 11) is 0. The molecule has 1 aliphatic heterocycles. The van der Waals surface area contributed by atoms with Crippen LogP contribution >= 0.6 is 22.6 Å². The van der Waals surface area contributed by atoms with Gasteiger partial charge in [-0.15, -0.1) is 0 Å². The average Bonchev–Trinajstić information content (AvgIpc) is 3.13. The number of piperidine rings is 1. The van der Waals surface area contributed by atoms with Gasteiger partial charge in [-0.1, -0.05) is 6.07 Å². The highest BCUT2D eigenvalue weighted by atomic mass is 127. The zero-order valence-electron chi connectivity index (χ0n) is 10.3. The first kappa shape index (κ1) is 12.8. The summed E-state index contributed by atoms with van der Waals surface area (Å²) >= 11 is 2.07. The fourth-order valence-electron chi connectivity index (χ4n) is 2.78. The van der Waals surface area contributed by atoms with E-state index in [1.165, 1.54) is 24.8 Å². The molecule has 98 valence electrons. The highest BCUT2D eigenvalue weighted by Crippen LogP contribution is 2.41. The molecule has 2 fully saturated rings. The molecule has 1 aromatic carbocycles. The largest absolute Gasteiger partial charge is 0.317 e. The fraction of sp³-hybridized carbons (Fsp3) is 0.571. The molecule has 1 saturated carbocycles. The maximum absolute atomic E-state index is 13.2. The highest BCUT2D eigenvalue weighted by molar-refractivity contribution is 14.1. The van der Waals surface area contributed by atoms with E-state index < -0.39 is 0 Å². The van der Waals surface area contributed by atoms with E-state index >= 15 is 0 Å². The zero-order valence-corrected chi connectivity index (χ0v) is 12.4. The van der Waals surface area contributed by atoms with Gasteiger partial charge in [-0.05, 0) is 72.6 Å². The van der Waals surface area contributed by atoms with Crippen LogP contribution < -0.4 is 10.6 Å². The Labute approximate surface area is 121 Å². The van der Waals surface area contributed by atoms with E-state index in [2.05, 4.69) is 33.2 Å². The summed E-state index contributed by atoms with van der Waals surface area (Å²) in [6.07, 6.45) is 3.65. The Kier molecular flexibility index (Phi) is 3.86. The lowest BCUT2D eigenvalue weighted by atomic mass is 10.1. The second-order valence-corrected chi connectivity index (χ2v) is 6.48. The third kappa shape index (κ3) is 2.86. The van der Waals surface area contributed by atoms with E-state index in [0.29, 0.717) is 18.0 Å². The van der Waals surface area contributed by atoms with Crippen LogP contribution in [0.2, 0.25) is 0 Å². The Morgan fingerprint density at radius 3 is 2.78 bits per heavy atom. The van der Waals surface area contributed by atoms with E-state index in [4.69, 9.17) is 0 Å². The summed E-state index contributed by atoms with van der Waals surface area (Å²) in [4.78, 5) is 0. The first-order valence-corrected chi connectivity index (χ1v) is 7.73. The van der Waals surface area contributed by atoms with Crippen LogP contribution in [-0.2, 0) is 0 Å². The lowest BCUT2D eigenvalue weighted by molar-refractivity contribution is 0.383. The lowest BCUT2D eigenvalue weighted by Crippen LogP contribution is -2.41. The number of rotatable bonds is 3. The van der Waals surface area contributed by atoms with Crippen molar-refractivity contribution in [1.29, 1.82) is 0 Å². The normalized spacial score (nSPS) is 28.3. The minimum absolute atomic E-state index is 0.108. The van der Waals surface area contributed by atoms with Gasteiger partial charge in [-0.3, -0.25) is 0 Å². The van der Waals surface area contributed by atoms with Crippen molar-refractivity contribution in [1.82, 2.24) is 10.6 Å². The van der Waals surface area contributed by atoms with Gasteiger partial charge in [0.15, 0.2) is 0 Å². The number of hydrogen-bond donors (Lipinski definition) is 2. The van der Waals surface area contributed by atoms with Gasteiger partial charge in [-0.2, -0.15) is 0 Å². The third-order valence-electron chi connectivity index (χ3n) is 3.95. The predicted molar refractivity (Wildman–Crippen MR) is 79.3 cm³/mol. The van der Waals surface area contributed by atoms with Gasteiger partial charge in [0.25, 0.3) is 0 Å². The average molecular weight is 360 g/mol. The summed E-state index contributed by atoms with van der Waals surface area (Å²) in [6, 6.07) is 6.80. The smallest absolute Gasteiger partial charge is 0.136 e. The van der Waals surface area contributed by atoms with Crippen LogP contribution in [0.1, 0.15) is 30.7 Å². The molecule has 2 N–H and O–H groups in total. The van der Waals surface area contributed by atoms with Crippen molar-refractivity contribution < 1.29 is 4.39 Å². The number of nitrogens with one attached hydrogen (secondary N) is 2. The number of benzene rings is 1. The predicted octanol–water partition coefficient (Wildman–Crippen LogP) is 2.63. The standard InChI is InChI=1S/C14H18FIN2/c15-12-2-1-9(7-13(12)16)11-8-14(11)18-10-3-5-17-6-4-10/h1-2,7,10-11,14,17-18H,3-6,8H2/t11-,14+/m1/s1. The van der Waals surface area contributed by atoms with Crippen LogP contribution in [0.5, 0.6) is 0 Å². The number of hydrogen-bond acceptors (Lipinski definition) is 2. The molecule has 2 atom stereocenters. The van der Waals surface area contributed by atoms with Crippen molar-refractivity contribution in [3.63, 3.8) is 0 Å². The van der Waals surface area contributed by atoms with Gasteiger partial charge in [0.05, 0.1) is 0 Å². The fourth-order valence-corrected chi connectivity index (χ4v) is 3.32. The summed E-state index contributed by atoms with van der Waals surface area (Å²) in [6.45, 7) is 2.26. The van der Waals surface area contributed by atoms with Gasteiger partial charge in [0.1, 0.15) is 5.82 Å². The maximum atomic E-state index is 13.2. The quantitative estimate of drug-likeness (QED) is 0.810. The Bertz CT molecular complexity index is 432. The molecule has 0 bridgehead atoms. The molecule has 0 spiro atoms. The van der Waals surface area contributed by atoms with Crippen LogP contribution in [0.25, 0.3) is 0 Å². The van der Waals surface area contributed by atoms with Gasteiger partial charge >= 0.3 is 0 Å². The Morgan fingerprint density at radius 1 is 1.28 bits per heavy atom. The molecule has 1 aromatic rings. The molecule has 0 amide bonds. The molecule has 2 nitrogen and oxygen atoms in total. The first-order valence-electron chi connectivity index (χ1n) is 6.66. The Hall–Kier alpha value is -0.200. The molecule has 3 rings (SSSR count). The molecule has 2 aliphatic rings. The minimum atomic E-state index is -0.108. The van der Waals surface area contributed by atoms with Crippen molar-refractivity contribution in [2.75, 3.05) is 13.1 Å². The van der Waals surface area contributed by atoms with E-state index in [1.54, 1.807) is 6.07 Å². The molecule has 18 heavy (non-hydrogen) atoms. The van der Waals surface area contributed by atoms with Crippen molar-refractivity contribution in [2.24, 2.45) is 0 Å². The molecule has 4 heteroatoms. The SMILES string of the molecule is Fc1ccc([C@H]2C[C@@H]2NC2CCNCC2)cc1I. The highest BCUT2D eigenvalue weighted by Gasteiger charge is 2.39. The second kappa shape index (κ2) is 5.43. The second-order valence-electron chi connectivity index (χ2n) is 5.31. The molecular weight excluding hydrogens is 342 g/mol. The van der Waals surface area contributed by atoms with Crippen molar-refractivity contribution >= 4 is 22.6 Å². The van der Waals surface area contributed by atoms with E-state index in [9.17, 15) is 4.39 Å².